The van der Waals surface area contributed by atoms with Gasteiger partial charge < -0.3 is 11.1 Å². The molecule has 1 heterocycles. The van der Waals surface area contributed by atoms with E-state index in [4.69, 9.17) is 5.73 Å². The zero-order valence-corrected chi connectivity index (χ0v) is 8.33. The second kappa shape index (κ2) is 4.07. The first-order chi connectivity index (χ1) is 6.16. The van der Waals surface area contributed by atoms with Crippen LogP contribution in [0, 0.1) is 0 Å². The van der Waals surface area contributed by atoms with Crippen LogP contribution in [0.3, 0.4) is 0 Å². The molecule has 0 aliphatic heterocycles. The van der Waals surface area contributed by atoms with Gasteiger partial charge in [0.2, 0.25) is 0 Å². The van der Waals surface area contributed by atoms with E-state index in [0.29, 0.717) is 11.7 Å². The summed E-state index contributed by atoms with van der Waals surface area (Å²) in [5.74, 6) is 1.76. The Labute approximate surface area is 78.6 Å². The first kappa shape index (κ1) is 9.77. The molecule has 0 amide bonds. The van der Waals surface area contributed by atoms with E-state index in [-0.39, 0.29) is 0 Å². The Kier molecular flexibility index (Phi) is 3.06. The van der Waals surface area contributed by atoms with Gasteiger partial charge >= 0.3 is 0 Å². The summed E-state index contributed by atoms with van der Waals surface area (Å²) in [5, 5.41) is 3.17. The van der Waals surface area contributed by atoms with Crippen molar-refractivity contribution in [2.75, 3.05) is 17.6 Å². The van der Waals surface area contributed by atoms with Crippen molar-refractivity contribution in [2.45, 2.75) is 26.7 Å². The number of nitrogen functional groups attached to an aromatic ring is 1. The van der Waals surface area contributed by atoms with Gasteiger partial charge in [-0.15, -0.1) is 0 Å². The average Bonchev–Trinajstić information content (AvgIpc) is 2.04. The summed E-state index contributed by atoms with van der Waals surface area (Å²) < 4.78 is 0. The predicted octanol–water partition coefficient (Wildman–Crippen LogP) is 1.61. The van der Waals surface area contributed by atoms with E-state index in [9.17, 15) is 0 Å². The molecule has 0 unspecified atom stereocenters. The largest absolute Gasteiger partial charge is 0.383 e. The normalized spacial score (nSPS) is 10.5. The van der Waals surface area contributed by atoms with E-state index < -0.39 is 0 Å². The van der Waals surface area contributed by atoms with Gasteiger partial charge in [-0.25, -0.2) is 9.97 Å². The smallest absolute Gasteiger partial charge is 0.134 e. The highest BCUT2D eigenvalue weighted by Gasteiger charge is 2.11. The maximum Gasteiger partial charge on any atom is 0.134 e. The monoisotopic (exact) mass is 180 g/mol. The molecule has 4 nitrogen and oxygen atoms in total. The van der Waals surface area contributed by atoms with Crippen molar-refractivity contribution in [3.8, 4) is 0 Å². The number of aromatic nitrogens is 2. The fourth-order valence-electron chi connectivity index (χ4n) is 1.29. The average molecular weight is 180 g/mol. The van der Waals surface area contributed by atoms with Crippen LogP contribution in [0.5, 0.6) is 0 Å². The number of rotatable bonds is 3. The summed E-state index contributed by atoms with van der Waals surface area (Å²) in [7, 11) is 0. The molecular weight excluding hydrogens is 164 g/mol. The van der Waals surface area contributed by atoms with E-state index in [0.717, 1.165) is 17.9 Å². The van der Waals surface area contributed by atoms with Crippen LogP contribution in [0.2, 0.25) is 0 Å². The Bertz CT molecular complexity index is 283. The number of nitrogens with one attached hydrogen (secondary N) is 1. The quantitative estimate of drug-likeness (QED) is 0.741. The molecule has 0 atom stereocenters. The van der Waals surface area contributed by atoms with Crippen LogP contribution in [0.1, 0.15) is 32.3 Å². The highest BCUT2D eigenvalue weighted by Crippen LogP contribution is 2.25. The van der Waals surface area contributed by atoms with Crippen LogP contribution >= 0.6 is 0 Å². The summed E-state index contributed by atoms with van der Waals surface area (Å²) in [6.45, 7) is 7.03. The van der Waals surface area contributed by atoms with Crippen molar-refractivity contribution in [2.24, 2.45) is 0 Å². The molecule has 0 spiro atoms. The van der Waals surface area contributed by atoms with Crippen molar-refractivity contribution in [1.29, 1.82) is 0 Å². The Morgan fingerprint density at radius 2 is 2.15 bits per heavy atom. The van der Waals surface area contributed by atoms with Gasteiger partial charge in [0, 0.05) is 12.1 Å². The van der Waals surface area contributed by atoms with Crippen molar-refractivity contribution in [3.05, 3.63) is 11.9 Å². The second-order valence-electron chi connectivity index (χ2n) is 3.21. The zero-order chi connectivity index (χ0) is 9.84. The maximum absolute atomic E-state index is 5.76. The number of nitrogens with zero attached hydrogens (tertiary/aromatic N) is 2. The van der Waals surface area contributed by atoms with Gasteiger partial charge in [0.25, 0.3) is 0 Å². The van der Waals surface area contributed by atoms with E-state index in [1.807, 2.05) is 6.92 Å². The topological polar surface area (TPSA) is 63.8 Å². The van der Waals surface area contributed by atoms with Gasteiger partial charge in [-0.2, -0.15) is 0 Å². The molecule has 0 aliphatic rings. The Hall–Kier alpha value is -1.32. The van der Waals surface area contributed by atoms with Crippen LogP contribution < -0.4 is 11.1 Å². The molecule has 0 bridgehead atoms. The molecule has 4 heteroatoms. The molecule has 0 saturated heterocycles. The third kappa shape index (κ3) is 2.08. The van der Waals surface area contributed by atoms with E-state index in [1.54, 1.807) is 0 Å². The van der Waals surface area contributed by atoms with Crippen LogP contribution in [-0.4, -0.2) is 16.5 Å². The molecular formula is C9H16N4. The summed E-state index contributed by atoms with van der Waals surface area (Å²) in [4.78, 5) is 8.12. The summed E-state index contributed by atoms with van der Waals surface area (Å²) in [5.41, 5.74) is 6.77. The van der Waals surface area contributed by atoms with Crippen LogP contribution in [-0.2, 0) is 0 Å². The van der Waals surface area contributed by atoms with Crippen molar-refractivity contribution >= 4 is 11.6 Å². The molecule has 0 aromatic carbocycles. The molecule has 72 valence electrons. The highest BCUT2D eigenvalue weighted by atomic mass is 15.0. The van der Waals surface area contributed by atoms with Crippen molar-refractivity contribution in [1.82, 2.24) is 9.97 Å². The van der Waals surface area contributed by atoms with E-state index in [1.165, 1.54) is 6.33 Å². The van der Waals surface area contributed by atoms with Gasteiger partial charge in [0.05, 0.1) is 0 Å². The molecule has 1 aromatic heterocycles. The highest BCUT2D eigenvalue weighted by molar-refractivity contribution is 5.56. The van der Waals surface area contributed by atoms with Gasteiger partial charge in [-0.05, 0) is 12.8 Å². The SMILES string of the molecule is CCNc1ncnc(N)c1C(C)C. The second-order valence-corrected chi connectivity index (χ2v) is 3.21. The van der Waals surface area contributed by atoms with Gasteiger partial charge in [0.15, 0.2) is 0 Å². The van der Waals surface area contributed by atoms with Crippen LogP contribution in [0.15, 0.2) is 6.33 Å². The van der Waals surface area contributed by atoms with Crippen LogP contribution in [0.25, 0.3) is 0 Å². The number of hydrogen-bond donors (Lipinski definition) is 2. The zero-order valence-electron chi connectivity index (χ0n) is 8.33. The summed E-state index contributed by atoms with van der Waals surface area (Å²) >= 11 is 0. The summed E-state index contributed by atoms with van der Waals surface area (Å²) in [6.07, 6.45) is 1.49. The Morgan fingerprint density at radius 1 is 1.46 bits per heavy atom. The standard InChI is InChI=1S/C9H16N4/c1-4-11-9-7(6(2)3)8(10)12-5-13-9/h5-6H,4H2,1-3H3,(H3,10,11,12,13). The fraction of sp³-hybridized carbons (Fsp3) is 0.556. The van der Waals surface area contributed by atoms with Gasteiger partial charge in [-0.1, -0.05) is 13.8 Å². The number of hydrogen-bond acceptors (Lipinski definition) is 4. The minimum atomic E-state index is 0.343. The maximum atomic E-state index is 5.76. The van der Waals surface area contributed by atoms with Gasteiger partial charge in [0.1, 0.15) is 18.0 Å². The predicted molar refractivity (Wildman–Crippen MR) is 54.7 cm³/mol. The lowest BCUT2D eigenvalue weighted by atomic mass is 10.1. The minimum Gasteiger partial charge on any atom is -0.383 e. The number of nitrogens with two attached hydrogens (primary N) is 1. The third-order valence-corrected chi connectivity index (χ3v) is 1.84. The van der Waals surface area contributed by atoms with E-state index in [2.05, 4.69) is 29.1 Å². The molecule has 0 aliphatic carbocycles. The third-order valence-electron chi connectivity index (χ3n) is 1.84. The Balaban J connectivity index is 3.10. The number of anilines is 2. The first-order valence-electron chi connectivity index (χ1n) is 4.51. The molecule has 0 saturated carbocycles. The minimum absolute atomic E-state index is 0.343. The van der Waals surface area contributed by atoms with E-state index >= 15 is 0 Å². The lowest BCUT2D eigenvalue weighted by Gasteiger charge is -2.13. The Morgan fingerprint density at radius 3 is 2.69 bits per heavy atom. The molecule has 3 N–H and O–H groups in total. The van der Waals surface area contributed by atoms with Crippen molar-refractivity contribution < 1.29 is 0 Å². The molecule has 0 radical (unpaired) electrons. The summed E-state index contributed by atoms with van der Waals surface area (Å²) in [6, 6.07) is 0. The molecule has 13 heavy (non-hydrogen) atoms. The van der Waals surface area contributed by atoms with Gasteiger partial charge in [-0.3, -0.25) is 0 Å². The molecule has 1 aromatic rings. The lowest BCUT2D eigenvalue weighted by molar-refractivity contribution is 0.851. The van der Waals surface area contributed by atoms with Crippen molar-refractivity contribution in [3.63, 3.8) is 0 Å². The fourth-order valence-corrected chi connectivity index (χ4v) is 1.29. The first-order valence-corrected chi connectivity index (χ1v) is 4.51. The molecule has 1 rings (SSSR count). The van der Waals surface area contributed by atoms with Crippen LogP contribution in [0.4, 0.5) is 11.6 Å². The lowest BCUT2D eigenvalue weighted by Crippen LogP contribution is -2.08. The molecule has 0 fully saturated rings.